The van der Waals surface area contributed by atoms with Crippen molar-refractivity contribution in [3.05, 3.63) is 24.2 Å². The highest BCUT2D eigenvalue weighted by atomic mass is 16.3. The Morgan fingerprint density at radius 3 is 3.00 bits per heavy atom. The van der Waals surface area contributed by atoms with E-state index < -0.39 is 0 Å². The summed E-state index contributed by atoms with van der Waals surface area (Å²) in [6, 6.07) is 4.15. The lowest BCUT2D eigenvalue weighted by Gasteiger charge is -2.16. The van der Waals surface area contributed by atoms with Gasteiger partial charge < -0.3 is 9.32 Å². The molecule has 1 aromatic rings. The van der Waals surface area contributed by atoms with Gasteiger partial charge in [0.25, 0.3) is 0 Å². The molecule has 0 saturated carbocycles. The molecule has 0 fully saturated rings. The van der Waals surface area contributed by atoms with Crippen molar-refractivity contribution < 1.29 is 4.42 Å². The molecule has 0 aliphatic rings. The maximum atomic E-state index is 8.61. The number of furan rings is 1. The van der Waals surface area contributed by atoms with Crippen LogP contribution in [0.2, 0.25) is 0 Å². The lowest BCUT2D eigenvalue weighted by Crippen LogP contribution is -2.22. The summed E-state index contributed by atoms with van der Waals surface area (Å²) in [6.07, 6.45) is 3.39. The minimum atomic E-state index is 0.0805. The van der Waals surface area contributed by atoms with Gasteiger partial charge in [-0.05, 0) is 20.0 Å². The van der Waals surface area contributed by atoms with Crippen molar-refractivity contribution >= 4 is 0 Å². The molecule has 1 heterocycles. The largest absolute Gasteiger partial charge is 0.472 e. The third kappa shape index (κ3) is 3.30. The molecule has 0 amide bonds. The highest BCUT2D eigenvalue weighted by Crippen LogP contribution is 2.05. The van der Waals surface area contributed by atoms with Crippen LogP contribution in [0.3, 0.4) is 0 Å². The van der Waals surface area contributed by atoms with Crippen LogP contribution in [-0.4, -0.2) is 18.5 Å². The summed E-state index contributed by atoms with van der Waals surface area (Å²) in [4.78, 5) is 2.11. The van der Waals surface area contributed by atoms with Crippen molar-refractivity contribution in [1.29, 1.82) is 5.26 Å². The van der Waals surface area contributed by atoms with Crippen LogP contribution in [0.25, 0.3) is 0 Å². The first-order valence-electron chi connectivity index (χ1n) is 4.31. The van der Waals surface area contributed by atoms with Crippen molar-refractivity contribution in [2.24, 2.45) is 5.92 Å². The molecule has 0 N–H and O–H groups in total. The van der Waals surface area contributed by atoms with E-state index >= 15 is 0 Å². The quantitative estimate of drug-likeness (QED) is 0.706. The van der Waals surface area contributed by atoms with Crippen LogP contribution in [0.4, 0.5) is 0 Å². The first kappa shape index (κ1) is 9.82. The Kier molecular flexibility index (Phi) is 3.53. The molecule has 1 rings (SSSR count). The molecule has 70 valence electrons. The van der Waals surface area contributed by atoms with Gasteiger partial charge in [0.05, 0.1) is 24.5 Å². The third-order valence-electron chi connectivity index (χ3n) is 1.84. The average Bonchev–Trinajstić information content (AvgIpc) is 2.56. The van der Waals surface area contributed by atoms with Crippen LogP contribution in [0, 0.1) is 17.2 Å². The zero-order valence-corrected chi connectivity index (χ0v) is 8.03. The molecule has 3 nitrogen and oxygen atoms in total. The third-order valence-corrected chi connectivity index (χ3v) is 1.84. The first-order chi connectivity index (χ1) is 6.22. The second-order valence-electron chi connectivity index (χ2n) is 3.36. The minimum Gasteiger partial charge on any atom is -0.472 e. The van der Waals surface area contributed by atoms with Gasteiger partial charge in [0.2, 0.25) is 0 Å². The molecule has 1 atom stereocenters. The molecule has 3 heteroatoms. The number of hydrogen-bond acceptors (Lipinski definition) is 3. The van der Waals surface area contributed by atoms with Crippen LogP contribution >= 0.6 is 0 Å². The van der Waals surface area contributed by atoms with Crippen molar-refractivity contribution in [3.8, 4) is 6.07 Å². The summed E-state index contributed by atoms with van der Waals surface area (Å²) in [5.41, 5.74) is 1.15. The van der Waals surface area contributed by atoms with Gasteiger partial charge in [0.15, 0.2) is 0 Å². The second-order valence-corrected chi connectivity index (χ2v) is 3.36. The molecule has 0 saturated heterocycles. The van der Waals surface area contributed by atoms with Crippen LogP contribution in [0.15, 0.2) is 23.0 Å². The Balaban J connectivity index is 2.34. The summed E-state index contributed by atoms with van der Waals surface area (Å²) >= 11 is 0. The number of nitriles is 1. The normalized spacial score (nSPS) is 12.8. The van der Waals surface area contributed by atoms with Crippen LogP contribution in [0.1, 0.15) is 12.5 Å². The Morgan fingerprint density at radius 1 is 1.69 bits per heavy atom. The SMILES string of the molecule is CC(C#N)CN(C)Cc1ccoc1. The smallest absolute Gasteiger partial charge is 0.0947 e. The molecular weight excluding hydrogens is 164 g/mol. The van der Waals surface area contributed by atoms with E-state index in [2.05, 4.69) is 11.0 Å². The zero-order chi connectivity index (χ0) is 9.68. The van der Waals surface area contributed by atoms with Gasteiger partial charge in [-0.3, -0.25) is 0 Å². The molecule has 0 spiro atoms. The predicted molar refractivity (Wildman–Crippen MR) is 49.8 cm³/mol. The van der Waals surface area contributed by atoms with Crippen molar-refractivity contribution in [3.63, 3.8) is 0 Å². The molecule has 0 aliphatic heterocycles. The van der Waals surface area contributed by atoms with Gasteiger partial charge in [0, 0.05) is 18.7 Å². The number of nitrogens with zero attached hydrogens (tertiary/aromatic N) is 2. The number of rotatable bonds is 4. The zero-order valence-electron chi connectivity index (χ0n) is 8.03. The molecule has 0 bridgehead atoms. The molecule has 0 aromatic carbocycles. The summed E-state index contributed by atoms with van der Waals surface area (Å²) in [5, 5.41) is 8.61. The van der Waals surface area contributed by atoms with E-state index in [9.17, 15) is 0 Å². The number of hydrogen-bond donors (Lipinski definition) is 0. The van der Waals surface area contributed by atoms with Crippen LogP contribution < -0.4 is 0 Å². The fourth-order valence-electron chi connectivity index (χ4n) is 1.27. The maximum absolute atomic E-state index is 8.61. The van der Waals surface area contributed by atoms with E-state index in [4.69, 9.17) is 9.68 Å². The van der Waals surface area contributed by atoms with Crippen molar-refractivity contribution in [1.82, 2.24) is 4.90 Å². The van der Waals surface area contributed by atoms with E-state index in [0.717, 1.165) is 18.7 Å². The summed E-state index contributed by atoms with van der Waals surface area (Å²) in [5.74, 6) is 0.0805. The van der Waals surface area contributed by atoms with E-state index in [1.54, 1.807) is 12.5 Å². The van der Waals surface area contributed by atoms with E-state index in [1.807, 2.05) is 20.0 Å². The molecule has 0 radical (unpaired) electrons. The molecule has 1 unspecified atom stereocenters. The summed E-state index contributed by atoms with van der Waals surface area (Å²) in [7, 11) is 2.00. The first-order valence-corrected chi connectivity index (χ1v) is 4.31. The van der Waals surface area contributed by atoms with Gasteiger partial charge in [-0.2, -0.15) is 5.26 Å². The summed E-state index contributed by atoms with van der Waals surface area (Å²) in [6.45, 7) is 3.55. The summed E-state index contributed by atoms with van der Waals surface area (Å²) < 4.78 is 4.96. The monoisotopic (exact) mass is 178 g/mol. The van der Waals surface area contributed by atoms with Crippen molar-refractivity contribution in [2.45, 2.75) is 13.5 Å². The lowest BCUT2D eigenvalue weighted by molar-refractivity contribution is 0.302. The Labute approximate surface area is 78.6 Å². The highest BCUT2D eigenvalue weighted by molar-refractivity contribution is 5.04. The Hall–Kier alpha value is -1.27. The molecule has 1 aromatic heterocycles. The molecular formula is C10H14N2O. The van der Waals surface area contributed by atoms with Gasteiger partial charge in [-0.25, -0.2) is 0 Å². The second kappa shape index (κ2) is 4.68. The Bertz CT molecular complexity index is 274. The average molecular weight is 178 g/mol. The van der Waals surface area contributed by atoms with Crippen LogP contribution in [0.5, 0.6) is 0 Å². The topological polar surface area (TPSA) is 40.2 Å². The van der Waals surface area contributed by atoms with E-state index in [1.165, 1.54) is 0 Å². The van der Waals surface area contributed by atoms with Gasteiger partial charge in [0.1, 0.15) is 0 Å². The lowest BCUT2D eigenvalue weighted by atomic mass is 10.2. The maximum Gasteiger partial charge on any atom is 0.0947 e. The molecule has 13 heavy (non-hydrogen) atoms. The van der Waals surface area contributed by atoms with Crippen molar-refractivity contribution in [2.75, 3.05) is 13.6 Å². The van der Waals surface area contributed by atoms with Crippen LogP contribution in [-0.2, 0) is 6.54 Å². The highest BCUT2D eigenvalue weighted by Gasteiger charge is 2.05. The van der Waals surface area contributed by atoms with Gasteiger partial charge in [-0.15, -0.1) is 0 Å². The fourth-order valence-corrected chi connectivity index (χ4v) is 1.27. The fraction of sp³-hybridized carbons (Fsp3) is 0.500. The Morgan fingerprint density at radius 2 is 2.46 bits per heavy atom. The van der Waals surface area contributed by atoms with Gasteiger partial charge in [-0.1, -0.05) is 0 Å². The predicted octanol–water partition coefficient (Wildman–Crippen LogP) is 1.87. The molecule has 0 aliphatic carbocycles. The van der Waals surface area contributed by atoms with E-state index in [0.29, 0.717) is 0 Å². The van der Waals surface area contributed by atoms with Gasteiger partial charge >= 0.3 is 0 Å². The van der Waals surface area contributed by atoms with E-state index in [-0.39, 0.29) is 5.92 Å². The minimum absolute atomic E-state index is 0.0805. The standard InChI is InChI=1S/C10H14N2O/c1-9(5-11)6-12(2)7-10-3-4-13-8-10/h3-4,8-9H,6-7H2,1-2H3.